The van der Waals surface area contributed by atoms with E-state index in [1.165, 1.54) is 23.3 Å². The number of rotatable bonds is 4. The summed E-state index contributed by atoms with van der Waals surface area (Å²) in [4.78, 5) is 0. The topological polar surface area (TPSA) is 12.0 Å². The van der Waals surface area contributed by atoms with Gasteiger partial charge in [-0.15, -0.1) is 0 Å². The molecule has 0 spiro atoms. The van der Waals surface area contributed by atoms with E-state index >= 15 is 0 Å². The number of halogens is 2. The first-order valence-corrected chi connectivity index (χ1v) is 7.68. The highest BCUT2D eigenvalue weighted by molar-refractivity contribution is 9.10. The molecule has 2 atom stereocenters. The lowest BCUT2D eigenvalue weighted by Crippen LogP contribution is -2.25. The van der Waals surface area contributed by atoms with Crippen LogP contribution < -0.4 is 5.32 Å². The second-order valence-electron chi connectivity index (χ2n) is 5.34. The molecular formula is C17H17BrFN. The Morgan fingerprint density at radius 3 is 2.80 bits per heavy atom. The lowest BCUT2D eigenvalue weighted by molar-refractivity contribution is 0.450. The summed E-state index contributed by atoms with van der Waals surface area (Å²) in [5.74, 6) is 0.394. The van der Waals surface area contributed by atoms with E-state index in [0.29, 0.717) is 5.92 Å². The molecule has 0 saturated heterocycles. The molecule has 0 aromatic heterocycles. The molecule has 0 heterocycles. The van der Waals surface area contributed by atoms with Crippen molar-refractivity contribution in [2.24, 2.45) is 0 Å². The van der Waals surface area contributed by atoms with E-state index < -0.39 is 0 Å². The summed E-state index contributed by atoms with van der Waals surface area (Å²) in [5, 5.41) is 3.36. The zero-order valence-electron chi connectivity index (χ0n) is 11.4. The first kappa shape index (κ1) is 13.8. The standard InChI is InChI=1S/C17H17BrFN/c1-20-17(15-7-6-13(19)10-16(15)18)9-12-8-11-4-2-3-5-14(11)12/h2-7,10,12,17,20H,8-9H2,1H3. The van der Waals surface area contributed by atoms with Crippen LogP contribution in [-0.4, -0.2) is 7.05 Å². The van der Waals surface area contributed by atoms with Gasteiger partial charge in [0.25, 0.3) is 0 Å². The van der Waals surface area contributed by atoms with E-state index in [1.807, 2.05) is 13.1 Å². The summed E-state index contributed by atoms with van der Waals surface area (Å²) in [6.45, 7) is 0. The van der Waals surface area contributed by atoms with Gasteiger partial charge in [-0.2, -0.15) is 0 Å². The van der Waals surface area contributed by atoms with Crippen LogP contribution in [0.25, 0.3) is 0 Å². The van der Waals surface area contributed by atoms with Crippen molar-refractivity contribution in [2.75, 3.05) is 7.05 Å². The van der Waals surface area contributed by atoms with Crippen LogP contribution in [0.5, 0.6) is 0 Å². The number of hydrogen-bond acceptors (Lipinski definition) is 1. The number of nitrogens with one attached hydrogen (secondary N) is 1. The fourth-order valence-electron chi connectivity index (χ4n) is 3.04. The Hall–Kier alpha value is -1.19. The van der Waals surface area contributed by atoms with Crippen molar-refractivity contribution in [2.45, 2.75) is 24.8 Å². The van der Waals surface area contributed by atoms with Crippen LogP contribution in [0, 0.1) is 5.82 Å². The molecule has 2 aromatic carbocycles. The third kappa shape index (κ3) is 2.52. The maximum atomic E-state index is 13.2. The van der Waals surface area contributed by atoms with Gasteiger partial charge in [0, 0.05) is 10.5 Å². The van der Waals surface area contributed by atoms with E-state index in [2.05, 4.69) is 45.5 Å². The average molecular weight is 334 g/mol. The quantitative estimate of drug-likeness (QED) is 0.863. The molecule has 3 heteroatoms. The van der Waals surface area contributed by atoms with Crippen molar-refractivity contribution in [3.63, 3.8) is 0 Å². The molecule has 2 aromatic rings. The molecule has 1 aliphatic rings. The highest BCUT2D eigenvalue weighted by Gasteiger charge is 2.28. The SMILES string of the molecule is CNC(CC1Cc2ccccc21)c1ccc(F)cc1Br. The summed E-state index contributed by atoms with van der Waals surface area (Å²) in [6, 6.07) is 13.8. The minimum absolute atomic E-state index is 0.204. The van der Waals surface area contributed by atoms with Gasteiger partial charge < -0.3 is 5.32 Å². The second kappa shape index (κ2) is 5.66. The predicted octanol–water partition coefficient (Wildman–Crippen LogP) is 4.58. The van der Waals surface area contributed by atoms with Crippen LogP contribution in [0.2, 0.25) is 0 Å². The van der Waals surface area contributed by atoms with Gasteiger partial charge in [-0.25, -0.2) is 4.39 Å². The zero-order chi connectivity index (χ0) is 14.1. The van der Waals surface area contributed by atoms with Gasteiger partial charge in [0.1, 0.15) is 5.82 Å². The molecule has 0 amide bonds. The van der Waals surface area contributed by atoms with E-state index in [0.717, 1.165) is 22.9 Å². The molecular weight excluding hydrogens is 317 g/mol. The normalized spacial score (nSPS) is 18.2. The Morgan fingerprint density at radius 2 is 2.10 bits per heavy atom. The average Bonchev–Trinajstić information content (AvgIpc) is 2.41. The minimum atomic E-state index is -0.204. The Balaban J connectivity index is 1.79. The van der Waals surface area contributed by atoms with Crippen molar-refractivity contribution in [1.82, 2.24) is 5.32 Å². The number of benzene rings is 2. The summed E-state index contributed by atoms with van der Waals surface area (Å²) >= 11 is 3.47. The summed E-state index contributed by atoms with van der Waals surface area (Å²) in [5.41, 5.74) is 4.05. The molecule has 20 heavy (non-hydrogen) atoms. The van der Waals surface area contributed by atoms with Crippen molar-refractivity contribution < 1.29 is 4.39 Å². The zero-order valence-corrected chi connectivity index (χ0v) is 13.0. The fraction of sp³-hybridized carbons (Fsp3) is 0.294. The van der Waals surface area contributed by atoms with Crippen LogP contribution in [0.1, 0.15) is 35.1 Å². The smallest absolute Gasteiger partial charge is 0.124 e. The van der Waals surface area contributed by atoms with Crippen LogP contribution in [0.3, 0.4) is 0 Å². The van der Waals surface area contributed by atoms with E-state index in [4.69, 9.17) is 0 Å². The lowest BCUT2D eigenvalue weighted by atomic mass is 9.74. The van der Waals surface area contributed by atoms with Gasteiger partial charge in [0.15, 0.2) is 0 Å². The highest BCUT2D eigenvalue weighted by atomic mass is 79.9. The molecule has 0 fully saturated rings. The predicted molar refractivity (Wildman–Crippen MR) is 83.4 cm³/mol. The van der Waals surface area contributed by atoms with Crippen LogP contribution >= 0.6 is 15.9 Å². The third-order valence-electron chi connectivity index (χ3n) is 4.17. The highest BCUT2D eigenvalue weighted by Crippen LogP contribution is 2.41. The summed E-state index contributed by atoms with van der Waals surface area (Å²) < 4.78 is 14.0. The lowest BCUT2D eigenvalue weighted by Gasteiger charge is -2.33. The van der Waals surface area contributed by atoms with Crippen LogP contribution in [0.15, 0.2) is 46.9 Å². The van der Waals surface area contributed by atoms with Crippen molar-refractivity contribution in [3.8, 4) is 0 Å². The molecule has 0 saturated carbocycles. The molecule has 3 rings (SSSR count). The maximum absolute atomic E-state index is 13.2. The Morgan fingerprint density at radius 1 is 1.30 bits per heavy atom. The van der Waals surface area contributed by atoms with Gasteiger partial charge in [0.2, 0.25) is 0 Å². The van der Waals surface area contributed by atoms with Crippen molar-refractivity contribution in [1.29, 1.82) is 0 Å². The molecule has 1 aliphatic carbocycles. The van der Waals surface area contributed by atoms with Gasteiger partial charge in [-0.05, 0) is 54.6 Å². The Labute approximate surface area is 127 Å². The van der Waals surface area contributed by atoms with Gasteiger partial charge in [-0.3, -0.25) is 0 Å². The molecule has 1 N–H and O–H groups in total. The Kier molecular flexibility index (Phi) is 3.90. The van der Waals surface area contributed by atoms with Crippen LogP contribution in [-0.2, 0) is 6.42 Å². The van der Waals surface area contributed by atoms with Crippen LogP contribution in [0.4, 0.5) is 4.39 Å². The molecule has 0 aliphatic heterocycles. The maximum Gasteiger partial charge on any atom is 0.124 e. The van der Waals surface area contributed by atoms with Crippen molar-refractivity contribution >= 4 is 15.9 Å². The third-order valence-corrected chi connectivity index (χ3v) is 4.85. The first-order chi connectivity index (χ1) is 9.69. The Bertz CT molecular complexity index is 626. The van der Waals surface area contributed by atoms with Gasteiger partial charge in [-0.1, -0.05) is 46.3 Å². The fourth-order valence-corrected chi connectivity index (χ4v) is 3.67. The van der Waals surface area contributed by atoms with Gasteiger partial charge in [0.05, 0.1) is 0 Å². The van der Waals surface area contributed by atoms with Gasteiger partial charge >= 0.3 is 0 Å². The van der Waals surface area contributed by atoms with E-state index in [1.54, 1.807) is 0 Å². The molecule has 0 bridgehead atoms. The molecule has 104 valence electrons. The number of hydrogen-bond donors (Lipinski definition) is 1. The van der Waals surface area contributed by atoms with E-state index in [-0.39, 0.29) is 11.9 Å². The van der Waals surface area contributed by atoms with Crippen molar-refractivity contribution in [3.05, 3.63) is 69.4 Å². The number of fused-ring (bicyclic) bond motifs is 1. The largest absolute Gasteiger partial charge is 0.313 e. The first-order valence-electron chi connectivity index (χ1n) is 6.89. The van der Waals surface area contributed by atoms with E-state index in [9.17, 15) is 4.39 Å². The second-order valence-corrected chi connectivity index (χ2v) is 6.20. The minimum Gasteiger partial charge on any atom is -0.313 e. The molecule has 1 nitrogen and oxygen atoms in total. The molecule has 2 unspecified atom stereocenters. The summed E-state index contributed by atoms with van der Waals surface area (Å²) in [6.07, 6.45) is 2.19. The summed E-state index contributed by atoms with van der Waals surface area (Å²) in [7, 11) is 1.96. The molecule has 0 radical (unpaired) electrons. The monoisotopic (exact) mass is 333 g/mol.